The van der Waals surface area contributed by atoms with Crippen LogP contribution in [0.3, 0.4) is 0 Å². The number of unbranched alkanes of at least 4 members (excludes halogenated alkanes) is 52. The zero-order valence-corrected chi connectivity index (χ0v) is 68.7. The summed E-state index contributed by atoms with van der Waals surface area (Å²) in [5.41, 5.74) is 0. The van der Waals surface area contributed by atoms with Gasteiger partial charge in [-0.2, -0.15) is 0 Å². The van der Waals surface area contributed by atoms with Gasteiger partial charge in [0.1, 0.15) is 19.3 Å². The first kappa shape index (κ1) is 100. The fraction of sp³-hybridized carbons (Fsp3) is 0.952. The quantitative estimate of drug-likeness (QED) is 0.0222. The van der Waals surface area contributed by atoms with Crippen molar-refractivity contribution in [1.82, 2.24) is 0 Å². The van der Waals surface area contributed by atoms with Crippen LogP contribution in [0.1, 0.15) is 440 Å². The van der Waals surface area contributed by atoms with Gasteiger partial charge in [0.05, 0.1) is 26.4 Å². The lowest BCUT2D eigenvalue weighted by molar-refractivity contribution is -0.161. The number of aliphatic hydroxyl groups is 1. The average molecular weight is 1490 g/mol. The third-order valence-electron chi connectivity index (χ3n) is 19.5. The molecule has 0 rings (SSSR count). The van der Waals surface area contributed by atoms with E-state index in [2.05, 4.69) is 41.5 Å². The van der Waals surface area contributed by atoms with Gasteiger partial charge in [0.15, 0.2) is 12.2 Å². The minimum absolute atomic E-state index is 0.107. The number of phosphoric ester groups is 2. The highest BCUT2D eigenvalue weighted by molar-refractivity contribution is 7.47. The summed E-state index contributed by atoms with van der Waals surface area (Å²) in [4.78, 5) is 73.0. The predicted octanol–water partition coefficient (Wildman–Crippen LogP) is 25.1. The van der Waals surface area contributed by atoms with Crippen molar-refractivity contribution in [2.75, 3.05) is 39.6 Å². The Morgan fingerprint density at radius 1 is 0.265 bits per heavy atom. The zero-order valence-electron chi connectivity index (χ0n) is 66.9. The highest BCUT2D eigenvalue weighted by Crippen LogP contribution is 2.45. The van der Waals surface area contributed by atoms with Crippen molar-refractivity contribution in [3.8, 4) is 0 Å². The van der Waals surface area contributed by atoms with Gasteiger partial charge in [-0.05, 0) is 37.5 Å². The number of hydrogen-bond donors (Lipinski definition) is 3. The van der Waals surface area contributed by atoms with Crippen molar-refractivity contribution in [2.45, 2.75) is 458 Å². The molecule has 0 aliphatic carbocycles. The summed E-state index contributed by atoms with van der Waals surface area (Å²) < 4.78 is 68.7. The van der Waals surface area contributed by atoms with Crippen LogP contribution in [0.2, 0.25) is 0 Å². The van der Waals surface area contributed by atoms with Gasteiger partial charge in [-0.3, -0.25) is 37.3 Å². The summed E-state index contributed by atoms with van der Waals surface area (Å²) in [6, 6.07) is 0. The Morgan fingerprint density at radius 2 is 0.451 bits per heavy atom. The van der Waals surface area contributed by atoms with Gasteiger partial charge in [0, 0.05) is 25.7 Å². The van der Waals surface area contributed by atoms with Gasteiger partial charge in [0.25, 0.3) is 0 Å². The third-order valence-corrected chi connectivity index (χ3v) is 21.4. The lowest BCUT2D eigenvalue weighted by Crippen LogP contribution is -2.30. The lowest BCUT2D eigenvalue weighted by Gasteiger charge is -2.21. The number of carbonyl (C=O) groups is 4. The summed E-state index contributed by atoms with van der Waals surface area (Å²) >= 11 is 0. The second-order valence-corrected chi connectivity index (χ2v) is 33.7. The molecular weight excluding hydrogens is 1330 g/mol. The van der Waals surface area contributed by atoms with Gasteiger partial charge < -0.3 is 33.8 Å². The number of aliphatic hydroxyl groups excluding tert-OH is 1. The molecule has 5 atom stereocenters. The van der Waals surface area contributed by atoms with E-state index < -0.39 is 97.5 Å². The van der Waals surface area contributed by atoms with Crippen molar-refractivity contribution < 1.29 is 80.2 Å². The van der Waals surface area contributed by atoms with Crippen LogP contribution in [0.15, 0.2) is 0 Å². The summed E-state index contributed by atoms with van der Waals surface area (Å²) in [5.74, 6) is -0.512. The molecule has 0 saturated heterocycles. The maximum Gasteiger partial charge on any atom is 0.472 e. The summed E-state index contributed by atoms with van der Waals surface area (Å²) in [6.07, 6.45) is 65.3. The van der Waals surface area contributed by atoms with E-state index >= 15 is 0 Å². The van der Waals surface area contributed by atoms with Gasteiger partial charge >= 0.3 is 39.5 Å². The Balaban J connectivity index is 5.20. The molecule has 0 radical (unpaired) electrons. The van der Waals surface area contributed by atoms with Crippen LogP contribution in [-0.4, -0.2) is 96.7 Å². The molecule has 0 aliphatic rings. The zero-order chi connectivity index (χ0) is 74.9. The fourth-order valence-electron chi connectivity index (χ4n) is 12.9. The van der Waals surface area contributed by atoms with E-state index in [1.165, 1.54) is 250 Å². The molecule has 0 aliphatic heterocycles. The molecule has 0 saturated carbocycles. The summed E-state index contributed by atoms with van der Waals surface area (Å²) in [5, 5.41) is 10.6. The maximum atomic E-state index is 13.1. The highest BCUT2D eigenvalue weighted by atomic mass is 31.2. The second-order valence-electron chi connectivity index (χ2n) is 30.8. The molecule has 0 bridgehead atoms. The van der Waals surface area contributed by atoms with Crippen LogP contribution in [0, 0.1) is 11.8 Å². The molecule has 0 amide bonds. The second kappa shape index (κ2) is 74.5. The van der Waals surface area contributed by atoms with Crippen molar-refractivity contribution >= 4 is 39.5 Å². The normalized spacial score (nSPS) is 13.9. The average Bonchev–Trinajstić information content (AvgIpc) is 0.923. The number of rotatable bonds is 82. The van der Waals surface area contributed by atoms with Crippen LogP contribution in [0.5, 0.6) is 0 Å². The maximum absolute atomic E-state index is 13.1. The fourth-order valence-corrected chi connectivity index (χ4v) is 14.5. The van der Waals surface area contributed by atoms with Crippen molar-refractivity contribution in [3.05, 3.63) is 0 Å². The molecule has 0 heterocycles. The number of phosphoric acid groups is 2. The Bertz CT molecular complexity index is 1960. The number of carbonyl (C=O) groups excluding carboxylic acids is 4. The van der Waals surface area contributed by atoms with Crippen LogP contribution in [-0.2, 0) is 65.4 Å². The van der Waals surface area contributed by atoms with Crippen molar-refractivity contribution in [2.24, 2.45) is 11.8 Å². The first-order chi connectivity index (χ1) is 49.4. The molecule has 606 valence electrons. The number of ether oxygens (including phenoxy) is 4. The molecule has 0 aromatic carbocycles. The van der Waals surface area contributed by atoms with E-state index in [0.29, 0.717) is 25.7 Å². The minimum atomic E-state index is -4.96. The molecule has 102 heavy (non-hydrogen) atoms. The van der Waals surface area contributed by atoms with E-state index in [1.54, 1.807) is 0 Å². The van der Waals surface area contributed by atoms with Gasteiger partial charge in [-0.15, -0.1) is 0 Å². The van der Waals surface area contributed by atoms with Crippen molar-refractivity contribution in [1.29, 1.82) is 0 Å². The Hall–Kier alpha value is -1.94. The monoisotopic (exact) mass is 1490 g/mol. The largest absolute Gasteiger partial charge is 0.472 e. The molecular formula is C83H162O17P2. The Labute approximate surface area is 626 Å². The summed E-state index contributed by atoms with van der Waals surface area (Å²) in [7, 11) is -9.92. The summed E-state index contributed by atoms with van der Waals surface area (Å²) in [6.45, 7) is 9.67. The molecule has 0 aromatic heterocycles. The van der Waals surface area contributed by atoms with Crippen LogP contribution >= 0.6 is 15.6 Å². The Kier molecular flexibility index (Phi) is 73.1. The van der Waals surface area contributed by atoms with Gasteiger partial charge in [-0.1, -0.05) is 388 Å². The van der Waals surface area contributed by atoms with Gasteiger partial charge in [0.2, 0.25) is 0 Å². The number of hydrogen-bond acceptors (Lipinski definition) is 15. The minimum Gasteiger partial charge on any atom is -0.462 e. The smallest absolute Gasteiger partial charge is 0.462 e. The highest BCUT2D eigenvalue weighted by Gasteiger charge is 2.30. The standard InChI is InChI=1S/C83H162O17P2/c1-7-9-11-13-15-17-18-19-20-21-22-23-27-32-37-42-48-54-60-66-81(86)94-72-79(100-83(88)67-61-55-49-43-38-33-28-25-24-26-30-35-40-45-51-57-63-75(3)4)74-98-102(91,92)96-70-77(84)69-95-101(89,90)97-73-78(71-93-80(85)65-59-53-47-16-14-12-10-8-2)99-82(87)68-62-56-50-44-39-34-29-31-36-41-46-52-58-64-76(5)6/h75-79,84H,7-74H2,1-6H3,(H,89,90)(H,91,92)/t77-,78+,79+/m0/s1. The van der Waals surface area contributed by atoms with E-state index in [4.69, 9.17) is 37.0 Å². The SMILES string of the molecule is CCCCCCCCCCCCCCCCCCCCCC(=O)OC[C@H](COP(=O)(O)OC[C@@H](O)COP(=O)(O)OC[C@@H](COC(=O)CCCCCCCCCC)OC(=O)CCCCCCCCCCCCCCCC(C)C)OC(=O)CCCCCCCCCCCCCCCCCCC(C)C. The van der Waals surface area contributed by atoms with E-state index in [9.17, 15) is 43.2 Å². The van der Waals surface area contributed by atoms with E-state index in [0.717, 1.165) is 108 Å². The molecule has 19 heteroatoms. The van der Waals surface area contributed by atoms with E-state index in [-0.39, 0.29) is 25.7 Å². The molecule has 0 fully saturated rings. The predicted molar refractivity (Wildman–Crippen MR) is 418 cm³/mol. The lowest BCUT2D eigenvalue weighted by atomic mass is 10.0. The molecule has 0 spiro atoms. The molecule has 2 unspecified atom stereocenters. The number of esters is 4. The van der Waals surface area contributed by atoms with Crippen molar-refractivity contribution in [3.63, 3.8) is 0 Å². The molecule has 17 nitrogen and oxygen atoms in total. The van der Waals surface area contributed by atoms with Crippen LogP contribution in [0.25, 0.3) is 0 Å². The third kappa shape index (κ3) is 76.3. The van der Waals surface area contributed by atoms with Gasteiger partial charge in [-0.25, -0.2) is 9.13 Å². The van der Waals surface area contributed by atoms with Crippen LogP contribution in [0.4, 0.5) is 0 Å². The first-order valence-electron chi connectivity index (χ1n) is 43.0. The van der Waals surface area contributed by atoms with Crippen LogP contribution < -0.4 is 0 Å². The molecule has 0 aromatic rings. The topological polar surface area (TPSA) is 237 Å². The van der Waals surface area contributed by atoms with E-state index in [1.807, 2.05) is 0 Å². The Morgan fingerprint density at radius 3 is 0.667 bits per heavy atom. The molecule has 3 N–H and O–H groups in total. The first-order valence-corrected chi connectivity index (χ1v) is 46.0.